The number of amides is 1. The lowest BCUT2D eigenvalue weighted by Gasteiger charge is -2.43. The summed E-state index contributed by atoms with van der Waals surface area (Å²) in [6.07, 6.45) is 4.03. The molecule has 0 spiro atoms. The fourth-order valence-electron chi connectivity index (χ4n) is 3.91. The van der Waals surface area contributed by atoms with Crippen LogP contribution in [0.5, 0.6) is 0 Å². The lowest BCUT2D eigenvalue weighted by molar-refractivity contribution is 0.0685. The van der Waals surface area contributed by atoms with Crippen molar-refractivity contribution < 1.29 is 9.53 Å². The van der Waals surface area contributed by atoms with E-state index in [1.165, 1.54) is 11.3 Å². The van der Waals surface area contributed by atoms with Gasteiger partial charge in [0, 0.05) is 50.0 Å². The molecule has 0 radical (unpaired) electrons. The Labute approximate surface area is 174 Å². The topological polar surface area (TPSA) is 57.7 Å². The highest BCUT2D eigenvalue weighted by atomic mass is 35.5. The number of carbonyl (C=O) groups is 1. The maximum absolute atomic E-state index is 11.9. The first-order valence-corrected chi connectivity index (χ1v) is 9.41. The Balaban J connectivity index is 0.00000182. The molecule has 2 aliphatic heterocycles. The summed E-state index contributed by atoms with van der Waals surface area (Å²) in [5.41, 5.74) is 2.54. The van der Waals surface area contributed by atoms with Gasteiger partial charge in [0.1, 0.15) is 0 Å². The maximum Gasteiger partial charge on any atom is 0.409 e. The molecule has 1 aromatic rings. The van der Waals surface area contributed by atoms with Crippen molar-refractivity contribution >= 4 is 30.9 Å². The molecule has 154 valence electrons. The average molecular weight is 419 g/mol. The summed E-state index contributed by atoms with van der Waals surface area (Å²) >= 11 is 0. The molecule has 2 aliphatic rings. The highest BCUT2D eigenvalue weighted by Crippen LogP contribution is 2.33. The highest BCUT2D eigenvalue weighted by molar-refractivity contribution is 5.85. The quantitative estimate of drug-likeness (QED) is 0.813. The van der Waals surface area contributed by atoms with Gasteiger partial charge in [-0.15, -0.1) is 24.8 Å². The lowest BCUT2D eigenvalue weighted by Crippen LogP contribution is -2.54. The molecule has 0 bridgehead atoms. The Hall–Kier alpha value is -1.08. The van der Waals surface area contributed by atoms with Gasteiger partial charge in [-0.1, -0.05) is 6.07 Å². The van der Waals surface area contributed by atoms with Crippen molar-refractivity contribution in [2.24, 2.45) is 0 Å². The van der Waals surface area contributed by atoms with Crippen LogP contribution in [0.3, 0.4) is 0 Å². The summed E-state index contributed by atoms with van der Waals surface area (Å²) in [5.74, 6) is 0. The Bertz CT molecular complexity index is 572. The Morgan fingerprint density at radius 2 is 1.85 bits per heavy atom. The van der Waals surface area contributed by atoms with Crippen LogP contribution in [0.1, 0.15) is 31.0 Å². The molecule has 2 fully saturated rings. The average Bonchev–Trinajstić information content (AvgIpc) is 2.64. The monoisotopic (exact) mass is 418 g/mol. The molecule has 0 atom stereocenters. The van der Waals surface area contributed by atoms with Crippen LogP contribution in [-0.4, -0.2) is 73.3 Å². The number of hydrogen-bond acceptors (Lipinski definition) is 5. The van der Waals surface area contributed by atoms with Crippen molar-refractivity contribution in [3.8, 4) is 0 Å². The minimum Gasteiger partial charge on any atom is -0.450 e. The molecular formula is C19H32Cl2N4O2. The van der Waals surface area contributed by atoms with E-state index >= 15 is 0 Å². The Morgan fingerprint density at radius 3 is 2.41 bits per heavy atom. The van der Waals surface area contributed by atoms with Gasteiger partial charge >= 0.3 is 6.09 Å². The molecule has 0 saturated carbocycles. The van der Waals surface area contributed by atoms with E-state index in [4.69, 9.17) is 9.72 Å². The maximum atomic E-state index is 11.9. The number of carbonyl (C=O) groups excluding carboxylic acids is 1. The molecule has 3 rings (SSSR count). The third-order valence-electron chi connectivity index (χ3n) is 5.44. The zero-order valence-electron chi connectivity index (χ0n) is 16.3. The molecule has 1 N–H and O–H groups in total. The fraction of sp³-hybridized carbons (Fsp3) is 0.684. The standard InChI is InChI=1S/C19H30N4O2.2ClH/c1-3-25-18(24)23-12-10-22(11-13-23)15-19(6-8-20-9-7-19)17-5-4-16(2)14-21-17;;/h4-5,14,20H,3,6-13,15H2,1-2H3;2*1H. The van der Waals surface area contributed by atoms with Crippen LogP contribution in [0.4, 0.5) is 4.79 Å². The molecule has 27 heavy (non-hydrogen) atoms. The number of hydrogen-bond donors (Lipinski definition) is 1. The molecule has 2 saturated heterocycles. The number of ether oxygens (including phenoxy) is 1. The largest absolute Gasteiger partial charge is 0.450 e. The number of piperidine rings is 1. The summed E-state index contributed by atoms with van der Waals surface area (Å²) in [6, 6.07) is 4.38. The second-order valence-electron chi connectivity index (χ2n) is 7.21. The predicted molar refractivity (Wildman–Crippen MR) is 112 cm³/mol. The smallest absolute Gasteiger partial charge is 0.409 e. The van der Waals surface area contributed by atoms with Crippen molar-refractivity contribution in [2.45, 2.75) is 32.1 Å². The van der Waals surface area contributed by atoms with Gasteiger partial charge in [0.15, 0.2) is 0 Å². The highest BCUT2D eigenvalue weighted by Gasteiger charge is 2.37. The van der Waals surface area contributed by atoms with Crippen LogP contribution in [0, 0.1) is 6.92 Å². The molecule has 0 aromatic carbocycles. The van der Waals surface area contributed by atoms with E-state index in [2.05, 4.69) is 29.3 Å². The van der Waals surface area contributed by atoms with Crippen molar-refractivity contribution in [3.05, 3.63) is 29.6 Å². The number of aryl methyl sites for hydroxylation is 1. The first kappa shape index (κ1) is 24.0. The molecule has 6 nitrogen and oxygen atoms in total. The summed E-state index contributed by atoms with van der Waals surface area (Å²) in [7, 11) is 0. The summed E-state index contributed by atoms with van der Waals surface area (Å²) < 4.78 is 5.12. The molecule has 3 heterocycles. The van der Waals surface area contributed by atoms with E-state index in [0.717, 1.165) is 58.7 Å². The van der Waals surface area contributed by atoms with Crippen LogP contribution < -0.4 is 5.32 Å². The first-order chi connectivity index (χ1) is 12.1. The van der Waals surface area contributed by atoms with Gasteiger partial charge in [-0.25, -0.2) is 4.79 Å². The minimum absolute atomic E-state index is 0. The second kappa shape index (κ2) is 11.1. The Morgan fingerprint density at radius 1 is 1.19 bits per heavy atom. The molecule has 1 aromatic heterocycles. The van der Waals surface area contributed by atoms with Crippen LogP contribution >= 0.6 is 24.8 Å². The van der Waals surface area contributed by atoms with E-state index < -0.39 is 0 Å². The zero-order valence-corrected chi connectivity index (χ0v) is 17.9. The fourth-order valence-corrected chi connectivity index (χ4v) is 3.91. The molecule has 0 unspecified atom stereocenters. The number of pyridine rings is 1. The summed E-state index contributed by atoms with van der Waals surface area (Å²) in [5, 5.41) is 3.48. The number of aromatic nitrogens is 1. The van der Waals surface area contributed by atoms with Crippen LogP contribution in [0.25, 0.3) is 0 Å². The summed E-state index contributed by atoms with van der Waals surface area (Å²) in [6.45, 7) is 10.8. The van der Waals surface area contributed by atoms with Gasteiger partial charge in [0.05, 0.1) is 6.61 Å². The van der Waals surface area contributed by atoms with Crippen molar-refractivity contribution in [1.82, 2.24) is 20.1 Å². The van der Waals surface area contributed by atoms with Crippen molar-refractivity contribution in [2.75, 3.05) is 52.4 Å². The zero-order chi connectivity index (χ0) is 17.7. The molecule has 8 heteroatoms. The number of nitrogens with one attached hydrogen (secondary N) is 1. The van der Waals surface area contributed by atoms with Gasteiger partial charge in [0.2, 0.25) is 0 Å². The summed E-state index contributed by atoms with van der Waals surface area (Å²) in [4.78, 5) is 21.0. The van der Waals surface area contributed by atoms with Gasteiger partial charge in [-0.2, -0.15) is 0 Å². The van der Waals surface area contributed by atoms with Crippen molar-refractivity contribution in [3.63, 3.8) is 0 Å². The molecule has 1 amide bonds. The van der Waals surface area contributed by atoms with E-state index in [0.29, 0.717) is 6.61 Å². The van der Waals surface area contributed by atoms with Crippen LogP contribution in [0.2, 0.25) is 0 Å². The lowest BCUT2D eigenvalue weighted by atomic mass is 9.75. The van der Waals surface area contributed by atoms with Crippen molar-refractivity contribution in [1.29, 1.82) is 0 Å². The third kappa shape index (κ3) is 5.95. The SMILES string of the molecule is CCOC(=O)N1CCN(CC2(c3ccc(C)cn3)CCNCC2)CC1.Cl.Cl. The normalized spacial score (nSPS) is 19.6. The van der Waals surface area contributed by atoms with E-state index in [9.17, 15) is 4.79 Å². The molecular weight excluding hydrogens is 387 g/mol. The number of piperazine rings is 1. The van der Waals surface area contributed by atoms with Gasteiger partial charge in [-0.05, 0) is 51.4 Å². The van der Waals surface area contributed by atoms with E-state index in [1.807, 2.05) is 18.0 Å². The number of nitrogens with zero attached hydrogens (tertiary/aromatic N) is 3. The van der Waals surface area contributed by atoms with E-state index in [-0.39, 0.29) is 36.3 Å². The minimum atomic E-state index is -0.182. The van der Waals surface area contributed by atoms with Crippen LogP contribution in [-0.2, 0) is 10.2 Å². The van der Waals surface area contributed by atoms with Gasteiger partial charge in [0.25, 0.3) is 0 Å². The third-order valence-corrected chi connectivity index (χ3v) is 5.44. The number of rotatable bonds is 4. The number of halogens is 2. The van der Waals surface area contributed by atoms with Gasteiger partial charge in [-0.3, -0.25) is 9.88 Å². The van der Waals surface area contributed by atoms with Gasteiger partial charge < -0.3 is 15.0 Å². The van der Waals surface area contributed by atoms with Crippen LogP contribution in [0.15, 0.2) is 18.3 Å². The Kier molecular flexibility index (Phi) is 9.81. The first-order valence-electron chi connectivity index (χ1n) is 9.41. The molecule has 0 aliphatic carbocycles. The second-order valence-corrected chi connectivity index (χ2v) is 7.21. The van der Waals surface area contributed by atoms with E-state index in [1.54, 1.807) is 0 Å². The predicted octanol–water partition coefficient (Wildman–Crippen LogP) is 2.63.